The number of hydrogen-bond acceptors (Lipinski definition) is 5. The highest BCUT2D eigenvalue weighted by Crippen LogP contribution is 2.05. The van der Waals surface area contributed by atoms with Crippen molar-refractivity contribution in [2.75, 3.05) is 6.61 Å². The number of aromatic nitrogens is 4. The lowest BCUT2D eigenvalue weighted by Gasteiger charge is -1.99. The van der Waals surface area contributed by atoms with Crippen molar-refractivity contribution >= 4 is 17.3 Å². The fourth-order valence-electron chi connectivity index (χ4n) is 1.27. The SMILES string of the molecule is [C-]#[N+]c1c[nH]n2c(C(=O)OCC)nnc2c1=O. The van der Waals surface area contributed by atoms with Crippen LogP contribution < -0.4 is 5.43 Å². The number of carbonyl (C=O) groups is 1. The summed E-state index contributed by atoms with van der Waals surface area (Å²) in [6.07, 6.45) is 1.19. The van der Waals surface area contributed by atoms with Crippen LogP contribution in [-0.4, -0.2) is 32.4 Å². The summed E-state index contributed by atoms with van der Waals surface area (Å²) < 4.78 is 5.84. The Labute approximate surface area is 94.6 Å². The molecule has 0 aliphatic carbocycles. The van der Waals surface area contributed by atoms with Crippen molar-refractivity contribution in [2.45, 2.75) is 6.92 Å². The molecule has 2 aromatic rings. The van der Waals surface area contributed by atoms with Gasteiger partial charge in [-0.25, -0.2) is 14.2 Å². The Morgan fingerprint density at radius 3 is 3.06 bits per heavy atom. The summed E-state index contributed by atoms with van der Waals surface area (Å²) >= 11 is 0. The number of carbonyl (C=O) groups excluding carboxylic acids is 1. The molecule has 2 heterocycles. The van der Waals surface area contributed by atoms with E-state index >= 15 is 0 Å². The van der Waals surface area contributed by atoms with E-state index in [4.69, 9.17) is 11.3 Å². The molecule has 0 bridgehead atoms. The highest BCUT2D eigenvalue weighted by atomic mass is 16.5. The molecule has 0 unspecified atom stereocenters. The number of aromatic amines is 1. The molecule has 1 N–H and O–H groups in total. The molecule has 0 aliphatic rings. The molecule has 0 saturated carbocycles. The first-order valence-electron chi connectivity index (χ1n) is 4.70. The first kappa shape index (κ1) is 10.8. The lowest BCUT2D eigenvalue weighted by molar-refractivity contribution is 0.0509. The highest BCUT2D eigenvalue weighted by molar-refractivity contribution is 5.86. The van der Waals surface area contributed by atoms with Crippen LogP contribution in [0.4, 0.5) is 5.69 Å². The number of fused-ring (bicyclic) bond motifs is 1. The Morgan fingerprint density at radius 2 is 2.41 bits per heavy atom. The minimum atomic E-state index is -0.689. The Balaban J connectivity index is 2.65. The molecule has 0 atom stereocenters. The van der Waals surface area contributed by atoms with Gasteiger partial charge in [0, 0.05) is 6.20 Å². The van der Waals surface area contributed by atoms with E-state index in [-0.39, 0.29) is 23.8 Å². The third kappa shape index (κ3) is 1.63. The minimum absolute atomic E-state index is 0.110. The van der Waals surface area contributed by atoms with Crippen molar-refractivity contribution in [2.24, 2.45) is 0 Å². The quantitative estimate of drug-likeness (QED) is 0.588. The molecule has 0 amide bonds. The molecule has 0 aliphatic heterocycles. The van der Waals surface area contributed by atoms with Gasteiger partial charge in [0.15, 0.2) is 0 Å². The standard InChI is InChI=1S/C9H7N5O3/c1-3-17-9(16)8-13-12-7-6(15)5(10-2)4-11-14(7)8/h4,11H,3H2,1H3. The number of esters is 1. The van der Waals surface area contributed by atoms with Crippen molar-refractivity contribution < 1.29 is 9.53 Å². The Hall–Kier alpha value is -2.69. The molecule has 17 heavy (non-hydrogen) atoms. The van der Waals surface area contributed by atoms with Gasteiger partial charge in [0.05, 0.1) is 13.2 Å². The third-order valence-electron chi connectivity index (χ3n) is 2.01. The van der Waals surface area contributed by atoms with E-state index in [1.807, 2.05) is 0 Å². The molecule has 0 spiro atoms. The number of ether oxygens (including phenoxy) is 1. The van der Waals surface area contributed by atoms with E-state index in [9.17, 15) is 9.59 Å². The number of nitrogens with one attached hydrogen (secondary N) is 1. The average Bonchev–Trinajstić information content (AvgIpc) is 2.74. The highest BCUT2D eigenvalue weighted by Gasteiger charge is 2.18. The lowest BCUT2D eigenvalue weighted by Crippen LogP contribution is -2.14. The van der Waals surface area contributed by atoms with Crippen LogP contribution in [-0.2, 0) is 4.74 Å². The normalized spacial score (nSPS) is 10.1. The number of hydrogen-bond donors (Lipinski definition) is 1. The van der Waals surface area contributed by atoms with Gasteiger partial charge in [0.1, 0.15) is 0 Å². The summed E-state index contributed by atoms with van der Waals surface area (Å²) in [5.74, 6) is -0.818. The zero-order chi connectivity index (χ0) is 12.4. The second kappa shape index (κ2) is 4.05. The predicted octanol–water partition coefficient (Wildman–Crippen LogP) is 0.145. The van der Waals surface area contributed by atoms with Crippen molar-refractivity contribution in [3.8, 4) is 0 Å². The fraction of sp³-hybridized carbons (Fsp3) is 0.222. The second-order valence-corrected chi connectivity index (χ2v) is 3.00. The molecule has 0 fully saturated rings. The van der Waals surface area contributed by atoms with Gasteiger partial charge in [-0.3, -0.25) is 4.79 Å². The second-order valence-electron chi connectivity index (χ2n) is 3.00. The molecule has 86 valence electrons. The van der Waals surface area contributed by atoms with Gasteiger partial charge in [-0.1, -0.05) is 0 Å². The van der Waals surface area contributed by atoms with E-state index < -0.39 is 11.4 Å². The van der Waals surface area contributed by atoms with E-state index in [0.29, 0.717) is 0 Å². The van der Waals surface area contributed by atoms with Crippen LogP contribution in [0.3, 0.4) is 0 Å². The summed E-state index contributed by atoms with van der Waals surface area (Å²) in [4.78, 5) is 26.1. The lowest BCUT2D eigenvalue weighted by atomic mass is 10.4. The van der Waals surface area contributed by atoms with Crippen LogP contribution in [0.1, 0.15) is 17.5 Å². The van der Waals surface area contributed by atoms with E-state index in [1.165, 1.54) is 6.20 Å². The van der Waals surface area contributed by atoms with E-state index in [0.717, 1.165) is 4.52 Å². The Kier molecular flexibility index (Phi) is 2.58. The smallest absolute Gasteiger partial charge is 0.378 e. The van der Waals surface area contributed by atoms with Gasteiger partial charge in [-0.15, -0.1) is 10.2 Å². The largest absolute Gasteiger partial charge is 0.460 e. The molecular formula is C9H7N5O3. The van der Waals surface area contributed by atoms with E-state index in [1.54, 1.807) is 6.92 Å². The maximum atomic E-state index is 11.6. The van der Waals surface area contributed by atoms with Gasteiger partial charge < -0.3 is 9.84 Å². The van der Waals surface area contributed by atoms with Crippen molar-refractivity contribution in [1.82, 2.24) is 19.8 Å². The summed E-state index contributed by atoms with van der Waals surface area (Å²) in [6.45, 7) is 8.62. The van der Waals surface area contributed by atoms with Crippen LogP contribution in [0.25, 0.3) is 10.5 Å². The van der Waals surface area contributed by atoms with Crippen molar-refractivity contribution in [1.29, 1.82) is 0 Å². The predicted molar refractivity (Wildman–Crippen MR) is 55.8 cm³/mol. The van der Waals surface area contributed by atoms with Gasteiger partial charge in [-0.05, 0) is 6.92 Å². The summed E-state index contributed by atoms with van der Waals surface area (Å²) in [7, 11) is 0. The van der Waals surface area contributed by atoms with Gasteiger partial charge in [0.25, 0.3) is 11.5 Å². The van der Waals surface area contributed by atoms with Crippen LogP contribution in [0.2, 0.25) is 0 Å². The summed E-state index contributed by atoms with van der Waals surface area (Å²) in [6, 6.07) is 0. The molecule has 8 nitrogen and oxygen atoms in total. The zero-order valence-corrected chi connectivity index (χ0v) is 8.80. The number of rotatable bonds is 2. The average molecular weight is 233 g/mol. The van der Waals surface area contributed by atoms with Crippen LogP contribution >= 0.6 is 0 Å². The summed E-state index contributed by atoms with van der Waals surface area (Å²) in [5, 5.41) is 9.69. The van der Waals surface area contributed by atoms with Crippen LogP contribution in [0.5, 0.6) is 0 Å². The molecule has 0 aromatic carbocycles. The molecule has 8 heteroatoms. The number of H-pyrrole nitrogens is 1. The molecular weight excluding hydrogens is 226 g/mol. The van der Waals surface area contributed by atoms with Gasteiger partial charge in [-0.2, -0.15) is 0 Å². The first-order valence-corrected chi connectivity index (χ1v) is 4.70. The maximum absolute atomic E-state index is 11.6. The van der Waals surface area contributed by atoms with Gasteiger partial charge in [0.2, 0.25) is 11.1 Å². The molecule has 0 saturated heterocycles. The first-order chi connectivity index (χ1) is 8.19. The monoisotopic (exact) mass is 233 g/mol. The maximum Gasteiger partial charge on any atom is 0.378 e. The van der Waals surface area contributed by atoms with E-state index in [2.05, 4.69) is 20.1 Å². The van der Waals surface area contributed by atoms with Crippen LogP contribution in [0, 0.1) is 6.57 Å². The Bertz CT molecular complexity index is 678. The van der Waals surface area contributed by atoms with Crippen molar-refractivity contribution in [3.05, 3.63) is 33.7 Å². The minimum Gasteiger partial charge on any atom is -0.460 e. The third-order valence-corrected chi connectivity index (χ3v) is 2.01. The topological polar surface area (TPSA) is 93.7 Å². The molecule has 2 rings (SSSR count). The van der Waals surface area contributed by atoms with Crippen LogP contribution in [0.15, 0.2) is 11.0 Å². The Morgan fingerprint density at radius 1 is 1.65 bits per heavy atom. The number of nitrogens with zero attached hydrogens (tertiary/aromatic N) is 4. The molecule has 0 radical (unpaired) electrons. The van der Waals surface area contributed by atoms with Crippen molar-refractivity contribution in [3.63, 3.8) is 0 Å². The fourth-order valence-corrected chi connectivity index (χ4v) is 1.27. The van der Waals surface area contributed by atoms with Gasteiger partial charge >= 0.3 is 5.97 Å². The summed E-state index contributed by atoms with van der Waals surface area (Å²) in [5.41, 5.74) is -0.802. The molecule has 2 aromatic heterocycles. The zero-order valence-electron chi connectivity index (χ0n) is 8.80.